The number of likely N-dealkylation sites (tertiary alicyclic amines) is 1. The van der Waals surface area contributed by atoms with Gasteiger partial charge in [-0.15, -0.1) is 0 Å². The summed E-state index contributed by atoms with van der Waals surface area (Å²) < 4.78 is 38.0. The molecule has 1 N–H and O–H groups in total. The average Bonchev–Trinajstić information content (AvgIpc) is 2.80. The first-order valence-corrected chi connectivity index (χ1v) is 7.03. The molecule has 2 rings (SSSR count). The highest BCUT2D eigenvalue weighted by Crippen LogP contribution is 2.32. The van der Waals surface area contributed by atoms with E-state index in [1.807, 2.05) is 0 Å². The number of nitrogens with one attached hydrogen (secondary N) is 1. The van der Waals surface area contributed by atoms with Crippen LogP contribution in [0.4, 0.5) is 13.2 Å². The van der Waals surface area contributed by atoms with Gasteiger partial charge >= 0.3 is 6.18 Å². The Morgan fingerprint density at radius 1 is 1.16 bits per heavy atom. The van der Waals surface area contributed by atoms with Gasteiger partial charge < -0.3 is 5.32 Å². The maximum absolute atomic E-state index is 12.7. The smallest absolute Gasteiger partial charge is 0.352 e. The van der Waals surface area contributed by atoms with Crippen molar-refractivity contribution in [1.82, 2.24) is 10.2 Å². The molecule has 2 fully saturated rings. The number of amides is 1. The number of carbonyl (C=O) groups excluding carboxylic acids is 1. The first-order chi connectivity index (χ1) is 8.95. The lowest BCUT2D eigenvalue weighted by Gasteiger charge is -2.33. The lowest BCUT2D eigenvalue weighted by atomic mass is 9.97. The van der Waals surface area contributed by atoms with E-state index in [9.17, 15) is 18.0 Å². The Morgan fingerprint density at radius 3 is 2.47 bits per heavy atom. The Kier molecular flexibility index (Phi) is 4.71. The van der Waals surface area contributed by atoms with Crippen molar-refractivity contribution in [2.45, 2.75) is 50.7 Å². The fraction of sp³-hybridized carbons (Fsp3) is 0.923. The maximum atomic E-state index is 12.7. The molecule has 1 amide bonds. The fourth-order valence-corrected chi connectivity index (χ4v) is 3.01. The summed E-state index contributed by atoms with van der Waals surface area (Å²) in [5.74, 6) is -1.41. The van der Waals surface area contributed by atoms with Gasteiger partial charge in [0.1, 0.15) is 0 Å². The normalized spacial score (nSPS) is 26.6. The second-order valence-corrected chi connectivity index (χ2v) is 5.66. The van der Waals surface area contributed by atoms with Gasteiger partial charge in [0.05, 0.1) is 12.5 Å². The Bertz CT molecular complexity index is 314. The minimum Gasteiger partial charge on any atom is -0.352 e. The Hall–Kier alpha value is -0.780. The van der Waals surface area contributed by atoms with E-state index in [1.165, 1.54) is 0 Å². The summed E-state index contributed by atoms with van der Waals surface area (Å²) in [4.78, 5) is 13.4. The van der Waals surface area contributed by atoms with Gasteiger partial charge in [-0.2, -0.15) is 13.2 Å². The van der Waals surface area contributed by atoms with E-state index in [0.29, 0.717) is 13.0 Å². The molecule has 1 atom stereocenters. The molecule has 1 aliphatic heterocycles. The third-order valence-electron chi connectivity index (χ3n) is 4.06. The molecule has 0 bridgehead atoms. The lowest BCUT2D eigenvalue weighted by Crippen LogP contribution is -2.47. The van der Waals surface area contributed by atoms with E-state index in [4.69, 9.17) is 0 Å². The molecular formula is C13H21F3N2O. The van der Waals surface area contributed by atoms with Crippen LogP contribution in [0.1, 0.15) is 38.5 Å². The van der Waals surface area contributed by atoms with Crippen molar-refractivity contribution >= 4 is 5.91 Å². The molecule has 0 aromatic heterocycles. The van der Waals surface area contributed by atoms with Crippen LogP contribution >= 0.6 is 0 Å². The number of hydrogen-bond donors (Lipinski definition) is 1. The number of halogens is 3. The van der Waals surface area contributed by atoms with Crippen LogP contribution in [-0.2, 0) is 4.79 Å². The van der Waals surface area contributed by atoms with E-state index in [-0.39, 0.29) is 31.5 Å². The van der Waals surface area contributed by atoms with Crippen LogP contribution < -0.4 is 5.32 Å². The number of hydrogen-bond acceptors (Lipinski definition) is 2. The Morgan fingerprint density at radius 2 is 1.84 bits per heavy atom. The monoisotopic (exact) mass is 278 g/mol. The summed E-state index contributed by atoms with van der Waals surface area (Å²) >= 11 is 0. The van der Waals surface area contributed by atoms with Crippen LogP contribution in [0.25, 0.3) is 0 Å². The Labute approximate surface area is 111 Å². The molecule has 1 aliphatic carbocycles. The zero-order chi connectivity index (χ0) is 13.9. The summed E-state index contributed by atoms with van der Waals surface area (Å²) in [7, 11) is 0. The van der Waals surface area contributed by atoms with E-state index >= 15 is 0 Å². The standard InChI is InChI=1S/C13H21F3N2O/c14-13(15,16)10-4-3-7-18(8-10)9-12(19)17-11-5-1-2-6-11/h10-11H,1-9H2,(H,17,19). The highest BCUT2D eigenvalue weighted by Gasteiger charge is 2.41. The highest BCUT2D eigenvalue weighted by molar-refractivity contribution is 5.78. The molecule has 1 saturated heterocycles. The number of nitrogens with zero attached hydrogens (tertiary/aromatic N) is 1. The van der Waals surface area contributed by atoms with Crippen molar-refractivity contribution in [3.63, 3.8) is 0 Å². The quantitative estimate of drug-likeness (QED) is 0.859. The second kappa shape index (κ2) is 6.11. The minimum atomic E-state index is -4.14. The van der Waals surface area contributed by atoms with Crippen molar-refractivity contribution in [1.29, 1.82) is 0 Å². The molecule has 6 heteroatoms. The second-order valence-electron chi connectivity index (χ2n) is 5.66. The largest absolute Gasteiger partial charge is 0.393 e. The number of rotatable bonds is 3. The molecule has 1 saturated carbocycles. The number of piperidine rings is 1. The minimum absolute atomic E-state index is 0.0401. The van der Waals surface area contributed by atoms with Gasteiger partial charge in [0.15, 0.2) is 0 Å². The van der Waals surface area contributed by atoms with Crippen molar-refractivity contribution in [3.05, 3.63) is 0 Å². The van der Waals surface area contributed by atoms with Gasteiger partial charge in [-0.25, -0.2) is 0 Å². The van der Waals surface area contributed by atoms with Crippen LogP contribution in [0, 0.1) is 5.92 Å². The SMILES string of the molecule is O=C(CN1CCCC(C(F)(F)F)C1)NC1CCCC1. The Balaban J connectivity index is 1.76. The predicted octanol–water partition coefficient (Wildman–Crippen LogP) is 2.32. The summed E-state index contributed by atoms with van der Waals surface area (Å²) in [6.07, 6.45) is 0.815. The summed E-state index contributed by atoms with van der Waals surface area (Å²) in [5.41, 5.74) is 0. The highest BCUT2D eigenvalue weighted by atomic mass is 19.4. The molecule has 3 nitrogen and oxygen atoms in total. The molecule has 0 spiro atoms. The van der Waals surface area contributed by atoms with Gasteiger partial charge in [-0.1, -0.05) is 12.8 Å². The number of carbonyl (C=O) groups is 1. The first kappa shape index (κ1) is 14.6. The molecule has 0 radical (unpaired) electrons. The lowest BCUT2D eigenvalue weighted by molar-refractivity contribution is -0.187. The van der Waals surface area contributed by atoms with Gasteiger partial charge in [0.25, 0.3) is 0 Å². The molecule has 0 aromatic rings. The molecule has 1 unspecified atom stereocenters. The van der Waals surface area contributed by atoms with E-state index in [0.717, 1.165) is 25.7 Å². The average molecular weight is 278 g/mol. The van der Waals surface area contributed by atoms with E-state index < -0.39 is 12.1 Å². The van der Waals surface area contributed by atoms with Crippen molar-refractivity contribution < 1.29 is 18.0 Å². The summed E-state index contributed by atoms with van der Waals surface area (Å²) in [6.45, 7) is 0.648. The van der Waals surface area contributed by atoms with E-state index in [1.54, 1.807) is 4.90 Å². The van der Waals surface area contributed by atoms with Crippen LogP contribution in [0.15, 0.2) is 0 Å². The molecule has 2 aliphatic rings. The fourth-order valence-electron chi connectivity index (χ4n) is 3.01. The van der Waals surface area contributed by atoms with Gasteiger partial charge in [-0.05, 0) is 32.2 Å². The molecule has 19 heavy (non-hydrogen) atoms. The summed E-state index contributed by atoms with van der Waals surface area (Å²) in [6, 6.07) is 0.232. The summed E-state index contributed by atoms with van der Waals surface area (Å²) in [5, 5.41) is 2.92. The van der Waals surface area contributed by atoms with E-state index in [2.05, 4.69) is 5.32 Å². The van der Waals surface area contributed by atoms with Crippen LogP contribution in [0.2, 0.25) is 0 Å². The van der Waals surface area contributed by atoms with Gasteiger partial charge in [0.2, 0.25) is 5.91 Å². The molecule has 0 aromatic carbocycles. The third kappa shape index (κ3) is 4.37. The maximum Gasteiger partial charge on any atom is 0.393 e. The van der Waals surface area contributed by atoms with Crippen molar-refractivity contribution in [3.8, 4) is 0 Å². The third-order valence-corrected chi connectivity index (χ3v) is 4.06. The number of alkyl halides is 3. The van der Waals surface area contributed by atoms with Gasteiger partial charge in [0, 0.05) is 12.6 Å². The zero-order valence-corrected chi connectivity index (χ0v) is 11.0. The predicted molar refractivity (Wildman–Crippen MR) is 65.6 cm³/mol. The van der Waals surface area contributed by atoms with Gasteiger partial charge in [-0.3, -0.25) is 9.69 Å². The van der Waals surface area contributed by atoms with Crippen LogP contribution in [-0.4, -0.2) is 42.7 Å². The van der Waals surface area contributed by atoms with Crippen molar-refractivity contribution in [2.24, 2.45) is 5.92 Å². The molecule has 110 valence electrons. The molecule has 1 heterocycles. The van der Waals surface area contributed by atoms with Crippen LogP contribution in [0.3, 0.4) is 0 Å². The van der Waals surface area contributed by atoms with Crippen molar-refractivity contribution in [2.75, 3.05) is 19.6 Å². The molecular weight excluding hydrogens is 257 g/mol. The zero-order valence-electron chi connectivity index (χ0n) is 11.0. The van der Waals surface area contributed by atoms with Crippen LogP contribution in [0.5, 0.6) is 0 Å². The first-order valence-electron chi connectivity index (χ1n) is 7.03. The topological polar surface area (TPSA) is 32.3 Å².